The molecule has 0 bridgehead atoms. The van der Waals surface area contributed by atoms with Crippen molar-refractivity contribution in [3.05, 3.63) is 0 Å². The Balaban J connectivity index is 4.57. The molecule has 2 N–H and O–H groups in total. The summed E-state index contributed by atoms with van der Waals surface area (Å²) in [6.45, 7) is 13.1. The number of nitrogens with zero attached hydrogens (tertiary/aromatic N) is 1. The molecule has 11 nitrogen and oxygen atoms in total. The van der Waals surface area contributed by atoms with Gasteiger partial charge in [-0.15, -0.1) is 0 Å². The van der Waals surface area contributed by atoms with Crippen LogP contribution in [0.5, 0.6) is 0 Å². The summed E-state index contributed by atoms with van der Waals surface area (Å²) in [6, 6.07) is 0. The van der Waals surface area contributed by atoms with Gasteiger partial charge in [0.05, 0.1) is 65.9 Å². The Morgan fingerprint density at radius 2 is 0.766 bits per heavy atom. The van der Waals surface area contributed by atoms with Crippen molar-refractivity contribution in [3.63, 3.8) is 0 Å². The number of carbonyl (C=O) groups is 3. The molecule has 0 saturated carbocycles. The Bertz CT molecular complexity index is 972. The van der Waals surface area contributed by atoms with Gasteiger partial charge in [0.1, 0.15) is 6.10 Å². The molecule has 0 fully saturated rings. The van der Waals surface area contributed by atoms with E-state index in [4.69, 9.17) is 34.2 Å². The summed E-state index contributed by atoms with van der Waals surface area (Å²) in [5.41, 5.74) is 5.41. The van der Waals surface area contributed by atoms with Gasteiger partial charge in [0.15, 0.2) is 0 Å². The highest BCUT2D eigenvalue weighted by atomic mass is 16.6. The normalized spacial score (nSPS) is 11.5. The zero-order valence-corrected chi connectivity index (χ0v) is 42.3. The van der Waals surface area contributed by atoms with Crippen molar-refractivity contribution in [2.75, 3.05) is 79.1 Å². The summed E-state index contributed by atoms with van der Waals surface area (Å²) in [6.07, 6.45) is 36.8. The van der Waals surface area contributed by atoms with E-state index >= 15 is 0 Å². The minimum atomic E-state index is -0.0722. The summed E-state index contributed by atoms with van der Waals surface area (Å²) in [7, 11) is 0. The van der Waals surface area contributed by atoms with Crippen LogP contribution < -0.4 is 5.73 Å². The second-order valence-corrected chi connectivity index (χ2v) is 18.0. The number of amides is 1. The van der Waals surface area contributed by atoms with Gasteiger partial charge in [0.2, 0.25) is 5.91 Å². The molecule has 0 aliphatic carbocycles. The lowest BCUT2D eigenvalue weighted by Gasteiger charge is -2.23. The molecule has 0 spiro atoms. The van der Waals surface area contributed by atoms with Gasteiger partial charge in [-0.25, -0.2) is 0 Å². The van der Waals surface area contributed by atoms with Crippen LogP contribution in [0.3, 0.4) is 0 Å². The standard InChI is InChI=1S/C53H104N2O9/c1-4-7-10-13-16-25-32-41-63-52(57)35-28-21-17-23-30-39-55(51(56)37-42-59-44-46-61-48-49-62-47-45-60-43-38-54)40-31-24-18-22-29-36-53(58)64-50(33-26-19-14-11-8-5-2)34-27-20-15-12-9-6-3/h50H,4-49,54H2,1-3H3. The quantitative estimate of drug-likeness (QED) is 0.0464. The third kappa shape index (κ3) is 46.7. The van der Waals surface area contributed by atoms with Crippen molar-refractivity contribution in [3.8, 4) is 0 Å². The molecular formula is C53H104N2O9. The fourth-order valence-corrected chi connectivity index (χ4v) is 7.86. The SMILES string of the molecule is CCCCCCCCCOC(=O)CCCCCCCN(CCCCCCCC(=O)OC(CCCCCCCC)CCCCCCCC)C(=O)CCOCCOCCOCCOCCN. The van der Waals surface area contributed by atoms with Gasteiger partial charge in [0, 0.05) is 32.5 Å². The van der Waals surface area contributed by atoms with Crippen LogP contribution in [0.25, 0.3) is 0 Å². The number of carbonyl (C=O) groups excluding carboxylic acids is 3. The highest BCUT2D eigenvalue weighted by Gasteiger charge is 2.16. The Hall–Kier alpha value is -1.79. The maximum absolute atomic E-state index is 13.3. The number of hydrogen-bond acceptors (Lipinski definition) is 10. The molecule has 0 aromatic rings. The van der Waals surface area contributed by atoms with Crippen LogP contribution in [0.15, 0.2) is 0 Å². The van der Waals surface area contributed by atoms with Crippen LogP contribution in [0, 0.1) is 0 Å². The number of ether oxygens (including phenoxy) is 6. The van der Waals surface area contributed by atoms with Gasteiger partial charge in [-0.1, -0.05) is 162 Å². The van der Waals surface area contributed by atoms with Crippen molar-refractivity contribution >= 4 is 17.8 Å². The fourth-order valence-electron chi connectivity index (χ4n) is 7.86. The van der Waals surface area contributed by atoms with E-state index in [1.165, 1.54) is 96.3 Å². The summed E-state index contributed by atoms with van der Waals surface area (Å²) in [4.78, 5) is 40.4. The van der Waals surface area contributed by atoms with Crippen LogP contribution in [-0.2, 0) is 42.8 Å². The van der Waals surface area contributed by atoms with Gasteiger partial charge < -0.3 is 39.1 Å². The maximum atomic E-state index is 13.3. The van der Waals surface area contributed by atoms with Crippen molar-refractivity contribution in [2.45, 2.75) is 245 Å². The van der Waals surface area contributed by atoms with Crippen molar-refractivity contribution in [1.82, 2.24) is 4.90 Å². The highest BCUT2D eigenvalue weighted by molar-refractivity contribution is 5.76. The van der Waals surface area contributed by atoms with Gasteiger partial charge in [-0.3, -0.25) is 14.4 Å². The van der Waals surface area contributed by atoms with E-state index in [0.29, 0.717) is 85.3 Å². The molecule has 0 atom stereocenters. The van der Waals surface area contributed by atoms with Crippen molar-refractivity contribution < 1.29 is 42.8 Å². The first kappa shape index (κ1) is 62.2. The van der Waals surface area contributed by atoms with Gasteiger partial charge in [-0.2, -0.15) is 0 Å². The van der Waals surface area contributed by atoms with Crippen LogP contribution in [0.4, 0.5) is 0 Å². The number of hydrogen-bond donors (Lipinski definition) is 1. The average molecular weight is 913 g/mol. The lowest BCUT2D eigenvalue weighted by Crippen LogP contribution is -2.33. The zero-order chi connectivity index (χ0) is 46.7. The molecule has 1 amide bonds. The summed E-state index contributed by atoms with van der Waals surface area (Å²) in [5, 5.41) is 0. The lowest BCUT2D eigenvalue weighted by molar-refractivity contribution is -0.150. The van der Waals surface area contributed by atoms with Crippen LogP contribution >= 0.6 is 0 Å². The molecule has 380 valence electrons. The predicted molar refractivity (Wildman–Crippen MR) is 264 cm³/mol. The second kappa shape index (κ2) is 52.2. The van der Waals surface area contributed by atoms with E-state index < -0.39 is 0 Å². The molecular weight excluding hydrogens is 809 g/mol. The Labute approximate surface area is 394 Å². The van der Waals surface area contributed by atoms with E-state index in [1.54, 1.807) is 0 Å². The third-order valence-electron chi connectivity index (χ3n) is 11.9. The molecule has 11 heteroatoms. The molecule has 64 heavy (non-hydrogen) atoms. The van der Waals surface area contributed by atoms with E-state index in [0.717, 1.165) is 116 Å². The fraction of sp³-hybridized carbons (Fsp3) is 0.943. The van der Waals surface area contributed by atoms with Gasteiger partial charge in [0.25, 0.3) is 0 Å². The number of esters is 2. The third-order valence-corrected chi connectivity index (χ3v) is 11.9. The van der Waals surface area contributed by atoms with Crippen LogP contribution in [-0.4, -0.2) is 108 Å². The maximum Gasteiger partial charge on any atom is 0.306 e. The van der Waals surface area contributed by atoms with Crippen molar-refractivity contribution in [1.29, 1.82) is 0 Å². The average Bonchev–Trinajstić information content (AvgIpc) is 3.29. The van der Waals surface area contributed by atoms with E-state index in [1.807, 2.05) is 4.90 Å². The molecule has 0 rings (SSSR count). The largest absolute Gasteiger partial charge is 0.466 e. The first-order chi connectivity index (χ1) is 31.5. The second-order valence-electron chi connectivity index (χ2n) is 18.0. The number of nitrogens with two attached hydrogens (primary N) is 1. The molecule has 0 unspecified atom stereocenters. The minimum absolute atomic E-state index is 0.0273. The first-order valence-corrected chi connectivity index (χ1v) is 27.1. The van der Waals surface area contributed by atoms with Gasteiger partial charge >= 0.3 is 11.9 Å². The Morgan fingerprint density at radius 1 is 0.391 bits per heavy atom. The highest BCUT2D eigenvalue weighted by Crippen LogP contribution is 2.19. The van der Waals surface area contributed by atoms with E-state index in [2.05, 4.69) is 20.8 Å². The van der Waals surface area contributed by atoms with E-state index in [9.17, 15) is 14.4 Å². The number of unbranched alkanes of at least 4 members (excludes halogenated alkanes) is 24. The molecule has 0 saturated heterocycles. The van der Waals surface area contributed by atoms with Gasteiger partial charge in [-0.05, 0) is 57.8 Å². The van der Waals surface area contributed by atoms with Crippen molar-refractivity contribution in [2.24, 2.45) is 5.73 Å². The topological polar surface area (TPSA) is 136 Å². The van der Waals surface area contributed by atoms with Crippen LogP contribution in [0.2, 0.25) is 0 Å². The predicted octanol–water partition coefficient (Wildman–Crippen LogP) is 12.6. The summed E-state index contributed by atoms with van der Waals surface area (Å²) >= 11 is 0. The Morgan fingerprint density at radius 3 is 1.23 bits per heavy atom. The minimum Gasteiger partial charge on any atom is -0.466 e. The first-order valence-electron chi connectivity index (χ1n) is 27.1. The monoisotopic (exact) mass is 913 g/mol. The molecule has 0 aliphatic heterocycles. The van der Waals surface area contributed by atoms with Crippen LogP contribution in [0.1, 0.15) is 239 Å². The molecule has 0 aromatic carbocycles. The number of rotatable bonds is 53. The molecule has 0 heterocycles. The summed E-state index contributed by atoms with van der Waals surface area (Å²) < 4.78 is 33.6. The molecule has 0 radical (unpaired) electrons. The lowest BCUT2D eigenvalue weighted by atomic mass is 10.0. The smallest absolute Gasteiger partial charge is 0.306 e. The molecule has 0 aliphatic rings. The molecule has 0 aromatic heterocycles. The summed E-state index contributed by atoms with van der Waals surface area (Å²) in [5.74, 6) is 0.0339. The zero-order valence-electron chi connectivity index (χ0n) is 42.3. The Kier molecular flexibility index (Phi) is 50.7. The van der Waals surface area contributed by atoms with E-state index in [-0.39, 0.29) is 23.9 Å².